The molecule has 0 radical (unpaired) electrons. The molecule has 32 heavy (non-hydrogen) atoms. The van der Waals surface area contributed by atoms with Crippen LogP contribution < -0.4 is 4.90 Å². The normalized spacial score (nSPS) is 15.1. The second-order valence-corrected chi connectivity index (χ2v) is 7.48. The zero-order valence-electron chi connectivity index (χ0n) is 17.2. The minimum absolute atomic E-state index is 0.146. The van der Waals surface area contributed by atoms with E-state index in [1.807, 2.05) is 0 Å². The van der Waals surface area contributed by atoms with Gasteiger partial charge in [-0.3, -0.25) is 4.98 Å². The number of fused-ring (bicyclic) bond motifs is 2. The van der Waals surface area contributed by atoms with Gasteiger partial charge in [-0.25, -0.2) is 8.78 Å². The van der Waals surface area contributed by atoms with E-state index in [1.54, 1.807) is 31.3 Å². The lowest BCUT2D eigenvalue weighted by Crippen LogP contribution is -2.36. The van der Waals surface area contributed by atoms with Crippen LogP contribution in [0.2, 0.25) is 0 Å². The highest BCUT2D eigenvalue weighted by molar-refractivity contribution is 5.96. The van der Waals surface area contributed by atoms with Crippen LogP contribution in [-0.2, 0) is 11.2 Å². The van der Waals surface area contributed by atoms with E-state index in [4.69, 9.17) is 9.94 Å². The van der Waals surface area contributed by atoms with Crippen LogP contribution in [0.25, 0.3) is 16.6 Å². The van der Waals surface area contributed by atoms with Crippen molar-refractivity contribution in [1.29, 1.82) is 0 Å². The van der Waals surface area contributed by atoms with Crippen molar-refractivity contribution in [3.8, 4) is 0 Å². The fraction of sp³-hybridized carbons (Fsp3) is 0.286. The molecule has 0 unspecified atom stereocenters. The van der Waals surface area contributed by atoms with Crippen molar-refractivity contribution < 1.29 is 18.7 Å². The number of nitrogens with zero attached hydrogens (tertiary/aromatic N) is 7. The van der Waals surface area contributed by atoms with Gasteiger partial charge in [-0.2, -0.15) is 9.61 Å². The number of halogens is 2. The highest BCUT2D eigenvalue weighted by Gasteiger charge is 2.20. The Morgan fingerprint density at radius 2 is 2.00 bits per heavy atom. The summed E-state index contributed by atoms with van der Waals surface area (Å²) in [5, 5.41) is 24.7. The van der Waals surface area contributed by atoms with Crippen LogP contribution in [0.4, 0.5) is 14.5 Å². The predicted molar refractivity (Wildman–Crippen MR) is 112 cm³/mol. The third kappa shape index (κ3) is 3.50. The van der Waals surface area contributed by atoms with Crippen molar-refractivity contribution in [2.24, 2.45) is 5.16 Å². The predicted octanol–water partition coefficient (Wildman–Crippen LogP) is 2.58. The van der Waals surface area contributed by atoms with Crippen LogP contribution in [0.1, 0.15) is 24.0 Å². The third-order valence-corrected chi connectivity index (χ3v) is 5.52. The lowest BCUT2D eigenvalue weighted by Gasteiger charge is -2.28. The molecule has 0 aliphatic carbocycles. The first-order valence-electron chi connectivity index (χ1n) is 10.0. The summed E-state index contributed by atoms with van der Waals surface area (Å²) in [6.45, 7) is 4.12. The molecule has 0 atom stereocenters. The van der Waals surface area contributed by atoms with Gasteiger partial charge in [0.25, 0.3) is 0 Å². The zero-order valence-corrected chi connectivity index (χ0v) is 17.2. The Hall–Kier alpha value is -3.73. The molecule has 1 aromatic carbocycles. The van der Waals surface area contributed by atoms with Crippen molar-refractivity contribution in [2.45, 2.75) is 13.3 Å². The molecule has 0 amide bonds. The average molecular weight is 439 g/mol. The van der Waals surface area contributed by atoms with E-state index in [0.717, 1.165) is 5.69 Å². The monoisotopic (exact) mass is 439 g/mol. The van der Waals surface area contributed by atoms with Crippen LogP contribution in [0.15, 0.2) is 35.6 Å². The largest absolute Gasteiger partial charge is 0.411 e. The number of anilines is 1. The second kappa shape index (κ2) is 8.08. The fourth-order valence-corrected chi connectivity index (χ4v) is 3.73. The van der Waals surface area contributed by atoms with Crippen LogP contribution in [-0.4, -0.2) is 62.0 Å². The summed E-state index contributed by atoms with van der Waals surface area (Å²) in [5.41, 5.74) is 1.94. The van der Waals surface area contributed by atoms with Crippen molar-refractivity contribution in [2.75, 3.05) is 31.2 Å². The molecule has 1 aliphatic heterocycles. The van der Waals surface area contributed by atoms with Gasteiger partial charge < -0.3 is 14.8 Å². The number of oxime groups is 1. The minimum Gasteiger partial charge on any atom is -0.411 e. The summed E-state index contributed by atoms with van der Waals surface area (Å²) >= 11 is 0. The number of rotatable bonds is 4. The molecule has 11 heteroatoms. The molecule has 3 aromatic heterocycles. The molecular weight excluding hydrogens is 420 g/mol. The van der Waals surface area contributed by atoms with Crippen molar-refractivity contribution in [1.82, 2.24) is 24.8 Å². The third-order valence-electron chi connectivity index (χ3n) is 5.52. The first-order chi connectivity index (χ1) is 15.5. The van der Waals surface area contributed by atoms with Crippen LogP contribution in [0.5, 0.6) is 0 Å². The van der Waals surface area contributed by atoms with Gasteiger partial charge in [-0.05, 0) is 25.1 Å². The quantitative estimate of drug-likeness (QED) is 0.296. The molecular formula is C21H19F2N7O2. The average Bonchev–Trinajstić information content (AvgIpc) is 3.23. The molecule has 164 valence electrons. The summed E-state index contributed by atoms with van der Waals surface area (Å²) < 4.78 is 37.1. The Kier molecular flexibility index (Phi) is 5.10. The molecule has 1 saturated heterocycles. The molecule has 1 aliphatic rings. The molecule has 0 spiro atoms. The van der Waals surface area contributed by atoms with E-state index >= 15 is 4.39 Å². The van der Waals surface area contributed by atoms with E-state index < -0.39 is 11.6 Å². The fourth-order valence-electron chi connectivity index (χ4n) is 3.73. The van der Waals surface area contributed by atoms with Crippen LogP contribution >= 0.6 is 0 Å². The topological polar surface area (TPSA) is 101 Å². The first-order valence-corrected chi connectivity index (χ1v) is 10.0. The first kappa shape index (κ1) is 20.2. The zero-order chi connectivity index (χ0) is 22.2. The lowest BCUT2D eigenvalue weighted by atomic mass is 10.1. The van der Waals surface area contributed by atoms with Crippen LogP contribution in [0.3, 0.4) is 0 Å². The SMILES string of the molecule is CC(=NO)c1ccc2nnc(Cc3c(F)cc4ncc(N5CCOCC5)cc4c3F)n2n1. The lowest BCUT2D eigenvalue weighted by molar-refractivity contribution is 0.122. The Labute approximate surface area is 181 Å². The summed E-state index contributed by atoms with van der Waals surface area (Å²) in [5.74, 6) is -1.16. The van der Waals surface area contributed by atoms with Crippen LogP contribution in [0, 0.1) is 11.6 Å². The number of morpholine rings is 1. The van der Waals surface area contributed by atoms with E-state index in [-0.39, 0.29) is 34.4 Å². The molecule has 0 bridgehead atoms. The Morgan fingerprint density at radius 3 is 2.78 bits per heavy atom. The van der Waals surface area contributed by atoms with Crippen molar-refractivity contribution >= 4 is 27.9 Å². The van der Waals surface area contributed by atoms with Gasteiger partial charge >= 0.3 is 0 Å². The maximum Gasteiger partial charge on any atom is 0.177 e. The highest BCUT2D eigenvalue weighted by atomic mass is 19.1. The standard InChI is InChI=1S/C21H19F2N7O2/c1-12(28-31)17-2-3-19-25-26-20(30(19)27-17)9-14-16(22)10-18-15(21(14)23)8-13(11-24-18)29-4-6-32-7-5-29/h2-3,8,10-11,31H,4-7,9H2,1H3. The molecule has 1 N–H and O–H groups in total. The van der Waals surface area contributed by atoms with Gasteiger partial charge in [0.15, 0.2) is 11.5 Å². The maximum atomic E-state index is 15.5. The van der Waals surface area contributed by atoms with E-state index in [1.165, 1.54) is 10.6 Å². The number of hydrogen-bond donors (Lipinski definition) is 1. The van der Waals surface area contributed by atoms with E-state index in [2.05, 4.69) is 30.3 Å². The minimum atomic E-state index is -0.720. The molecule has 0 saturated carbocycles. The molecule has 9 nitrogen and oxygen atoms in total. The molecule has 5 rings (SSSR count). The highest BCUT2D eigenvalue weighted by Crippen LogP contribution is 2.28. The smallest absolute Gasteiger partial charge is 0.177 e. The molecule has 1 fully saturated rings. The van der Waals surface area contributed by atoms with E-state index in [9.17, 15) is 4.39 Å². The summed E-state index contributed by atoms with van der Waals surface area (Å²) in [6.07, 6.45) is 1.46. The summed E-state index contributed by atoms with van der Waals surface area (Å²) in [6, 6.07) is 6.17. The van der Waals surface area contributed by atoms with Gasteiger partial charge in [0, 0.05) is 36.5 Å². The Morgan fingerprint density at radius 1 is 1.19 bits per heavy atom. The van der Waals surface area contributed by atoms with Crippen molar-refractivity contribution in [3.05, 3.63) is 59.2 Å². The Balaban J connectivity index is 1.56. The van der Waals surface area contributed by atoms with E-state index in [0.29, 0.717) is 37.6 Å². The maximum absolute atomic E-state index is 15.5. The molecule has 4 heterocycles. The number of aromatic nitrogens is 5. The number of hydrogen-bond acceptors (Lipinski definition) is 8. The number of ether oxygens (including phenoxy) is 1. The summed E-state index contributed by atoms with van der Waals surface area (Å²) in [4.78, 5) is 6.32. The molecule has 4 aromatic rings. The van der Waals surface area contributed by atoms with Gasteiger partial charge in [0.1, 0.15) is 23.0 Å². The van der Waals surface area contributed by atoms with Gasteiger partial charge in [0.2, 0.25) is 0 Å². The van der Waals surface area contributed by atoms with Crippen molar-refractivity contribution in [3.63, 3.8) is 0 Å². The number of pyridine rings is 1. The second-order valence-electron chi connectivity index (χ2n) is 7.48. The van der Waals surface area contributed by atoms with Gasteiger partial charge in [-0.15, -0.1) is 10.2 Å². The van der Waals surface area contributed by atoms with Gasteiger partial charge in [-0.1, -0.05) is 5.16 Å². The number of benzene rings is 1. The Bertz CT molecular complexity index is 1350. The van der Waals surface area contributed by atoms with Gasteiger partial charge in [0.05, 0.1) is 30.6 Å². The summed E-state index contributed by atoms with van der Waals surface area (Å²) in [7, 11) is 0.